The Kier molecular flexibility index (Phi) is 3.33. The molecular weight excluding hydrogens is 316 g/mol. The first-order valence-corrected chi connectivity index (χ1v) is 7.88. The van der Waals surface area contributed by atoms with E-state index in [1.165, 1.54) is 18.4 Å². The van der Waals surface area contributed by atoms with Crippen molar-refractivity contribution in [1.29, 1.82) is 0 Å². The van der Waals surface area contributed by atoms with Gasteiger partial charge in [0.25, 0.3) is 0 Å². The number of carbonyl (C=O) groups is 2. The van der Waals surface area contributed by atoms with Crippen molar-refractivity contribution in [3.8, 4) is 0 Å². The number of hydrogen-bond donors (Lipinski definition) is 0. The number of esters is 2. The first-order chi connectivity index (χ1) is 11.4. The second-order valence-electron chi connectivity index (χ2n) is 6.75. The van der Waals surface area contributed by atoms with Crippen LogP contribution >= 0.6 is 0 Å². The third-order valence-electron chi connectivity index (χ3n) is 4.50. The summed E-state index contributed by atoms with van der Waals surface area (Å²) in [5.41, 5.74) is -1.31. The highest BCUT2D eigenvalue weighted by molar-refractivity contribution is 5.91. The highest BCUT2D eigenvalue weighted by Gasteiger charge is 2.65. The Labute approximate surface area is 138 Å². The molecule has 0 unspecified atom stereocenters. The molecule has 128 valence electrons. The summed E-state index contributed by atoms with van der Waals surface area (Å²) in [5.74, 6) is -1.38. The Morgan fingerprint density at radius 3 is 2.83 bits per heavy atom. The van der Waals surface area contributed by atoms with Gasteiger partial charge in [-0.3, -0.25) is 0 Å². The minimum atomic E-state index is -1.31. The average Bonchev–Trinajstić information content (AvgIpc) is 3.16. The Morgan fingerprint density at radius 1 is 1.29 bits per heavy atom. The van der Waals surface area contributed by atoms with E-state index in [4.69, 9.17) is 23.4 Å². The van der Waals surface area contributed by atoms with Crippen molar-refractivity contribution in [1.82, 2.24) is 0 Å². The van der Waals surface area contributed by atoms with Crippen molar-refractivity contribution >= 4 is 18.0 Å². The monoisotopic (exact) mass is 334 g/mol. The summed E-state index contributed by atoms with van der Waals surface area (Å²) in [6.07, 6.45) is 3.62. The normalized spacial score (nSPS) is 36.6. The Bertz CT molecular complexity index is 690. The number of rotatable bonds is 3. The molecule has 4 atom stereocenters. The van der Waals surface area contributed by atoms with Crippen LogP contribution in [0.2, 0.25) is 0 Å². The molecule has 2 bridgehead atoms. The summed E-state index contributed by atoms with van der Waals surface area (Å²) < 4.78 is 27.6. The smallest absolute Gasteiger partial charge is 0.351 e. The lowest BCUT2D eigenvalue weighted by Crippen LogP contribution is -2.49. The molecule has 1 aliphatic carbocycles. The molecule has 3 aliphatic rings. The lowest BCUT2D eigenvalue weighted by Gasteiger charge is -2.32. The van der Waals surface area contributed by atoms with Gasteiger partial charge in [0, 0.05) is 18.9 Å². The van der Waals surface area contributed by atoms with Crippen LogP contribution in [0.1, 0.15) is 32.4 Å². The van der Waals surface area contributed by atoms with Gasteiger partial charge in [-0.1, -0.05) is 0 Å². The van der Waals surface area contributed by atoms with Crippen LogP contribution in [0.15, 0.2) is 28.9 Å². The zero-order valence-corrected chi connectivity index (χ0v) is 13.4. The van der Waals surface area contributed by atoms with E-state index in [2.05, 4.69) is 0 Å². The van der Waals surface area contributed by atoms with Crippen molar-refractivity contribution in [3.05, 3.63) is 30.2 Å². The van der Waals surface area contributed by atoms with Crippen LogP contribution in [-0.4, -0.2) is 41.6 Å². The molecule has 0 spiro atoms. The molecule has 1 aromatic rings. The van der Waals surface area contributed by atoms with Gasteiger partial charge in [-0.25, -0.2) is 9.59 Å². The van der Waals surface area contributed by atoms with E-state index in [-0.39, 0.29) is 25.0 Å². The van der Waals surface area contributed by atoms with Crippen LogP contribution < -0.4 is 0 Å². The van der Waals surface area contributed by atoms with Crippen LogP contribution in [-0.2, 0) is 28.5 Å². The first-order valence-electron chi connectivity index (χ1n) is 7.88. The fourth-order valence-corrected chi connectivity index (χ4v) is 3.59. The Balaban J connectivity index is 1.50. The van der Waals surface area contributed by atoms with Crippen LogP contribution in [0.5, 0.6) is 0 Å². The molecule has 0 aromatic carbocycles. The molecule has 2 saturated heterocycles. The minimum Gasteiger partial charge on any atom is -0.465 e. The maximum absolute atomic E-state index is 12.3. The molecule has 0 N–H and O–H groups in total. The van der Waals surface area contributed by atoms with Crippen molar-refractivity contribution in [2.75, 3.05) is 0 Å². The van der Waals surface area contributed by atoms with E-state index in [1.54, 1.807) is 12.1 Å². The maximum Gasteiger partial charge on any atom is 0.351 e. The Hall–Kier alpha value is -2.12. The van der Waals surface area contributed by atoms with Crippen LogP contribution in [0.25, 0.3) is 6.08 Å². The van der Waals surface area contributed by atoms with Gasteiger partial charge in [0.05, 0.1) is 12.4 Å². The summed E-state index contributed by atoms with van der Waals surface area (Å²) in [4.78, 5) is 24.4. The third kappa shape index (κ3) is 2.53. The number of ether oxygens (including phenoxy) is 4. The molecule has 1 saturated carbocycles. The van der Waals surface area contributed by atoms with Gasteiger partial charge in [-0.2, -0.15) is 0 Å². The van der Waals surface area contributed by atoms with Crippen molar-refractivity contribution in [2.24, 2.45) is 0 Å². The van der Waals surface area contributed by atoms with Gasteiger partial charge < -0.3 is 23.4 Å². The molecule has 7 heteroatoms. The topological polar surface area (TPSA) is 84.2 Å². The predicted octanol–water partition coefficient (Wildman–Crippen LogP) is 1.81. The summed E-state index contributed by atoms with van der Waals surface area (Å²) in [5, 5.41) is 0. The van der Waals surface area contributed by atoms with Gasteiger partial charge in [0.1, 0.15) is 18.0 Å². The molecule has 4 rings (SSSR count). The lowest BCUT2D eigenvalue weighted by molar-refractivity contribution is -0.179. The van der Waals surface area contributed by atoms with Gasteiger partial charge in [-0.15, -0.1) is 0 Å². The van der Waals surface area contributed by atoms with E-state index in [1.807, 2.05) is 13.8 Å². The van der Waals surface area contributed by atoms with E-state index >= 15 is 0 Å². The summed E-state index contributed by atoms with van der Waals surface area (Å²) in [6.45, 7) is 3.62. The van der Waals surface area contributed by atoms with E-state index in [0.29, 0.717) is 5.76 Å². The maximum atomic E-state index is 12.3. The van der Waals surface area contributed by atoms with Gasteiger partial charge in [0.2, 0.25) is 5.60 Å². The zero-order valence-electron chi connectivity index (χ0n) is 13.4. The number of fused-ring (bicyclic) bond motifs is 4. The molecule has 3 fully saturated rings. The van der Waals surface area contributed by atoms with E-state index in [0.717, 1.165) is 0 Å². The van der Waals surface area contributed by atoms with Crippen LogP contribution in [0, 0.1) is 0 Å². The standard InChI is InChI=1S/C17H18O7/c1-16(2)22-12-9-17(8-11(14(12)24-16)21-15(17)19)23-13(18)6-5-10-4-3-7-20-10/h3-7,11-12,14H,8-9H2,1-2H3/b6-5+/t11-,12+,14-,17+/m0/s1. The SMILES string of the molecule is CC1(C)O[C@H]2[C@@H]3C[C@@](OC(=O)/C=C/c4ccco4)(C[C@H]2O1)C(=O)O3. The molecule has 24 heavy (non-hydrogen) atoms. The summed E-state index contributed by atoms with van der Waals surface area (Å²) >= 11 is 0. The third-order valence-corrected chi connectivity index (χ3v) is 4.50. The molecule has 0 amide bonds. The van der Waals surface area contributed by atoms with Crippen molar-refractivity contribution in [3.63, 3.8) is 0 Å². The second-order valence-corrected chi connectivity index (χ2v) is 6.75. The van der Waals surface area contributed by atoms with Gasteiger partial charge in [-0.05, 0) is 32.1 Å². The summed E-state index contributed by atoms with van der Waals surface area (Å²) in [7, 11) is 0. The number of hydrogen-bond acceptors (Lipinski definition) is 7. The molecular formula is C17H18O7. The number of carbonyl (C=O) groups excluding carboxylic acids is 2. The molecule has 1 aromatic heterocycles. The van der Waals surface area contributed by atoms with E-state index in [9.17, 15) is 9.59 Å². The van der Waals surface area contributed by atoms with Gasteiger partial charge >= 0.3 is 11.9 Å². The first kappa shape index (κ1) is 15.4. The number of furan rings is 1. The van der Waals surface area contributed by atoms with Crippen LogP contribution in [0.3, 0.4) is 0 Å². The minimum absolute atomic E-state index is 0.233. The molecule has 3 heterocycles. The zero-order chi connectivity index (χ0) is 16.9. The fraction of sp³-hybridized carbons (Fsp3) is 0.529. The largest absolute Gasteiger partial charge is 0.465 e. The molecule has 0 radical (unpaired) electrons. The Morgan fingerprint density at radius 2 is 2.08 bits per heavy atom. The van der Waals surface area contributed by atoms with Crippen molar-refractivity contribution < 1.29 is 33.0 Å². The van der Waals surface area contributed by atoms with Gasteiger partial charge in [0.15, 0.2) is 5.79 Å². The average molecular weight is 334 g/mol. The second kappa shape index (κ2) is 5.19. The molecule has 2 aliphatic heterocycles. The fourth-order valence-electron chi connectivity index (χ4n) is 3.59. The van der Waals surface area contributed by atoms with Crippen LogP contribution in [0.4, 0.5) is 0 Å². The highest BCUT2D eigenvalue weighted by Crippen LogP contribution is 2.48. The summed E-state index contributed by atoms with van der Waals surface area (Å²) in [6, 6.07) is 3.42. The highest BCUT2D eigenvalue weighted by atomic mass is 16.8. The lowest BCUT2D eigenvalue weighted by atomic mass is 9.82. The quantitative estimate of drug-likeness (QED) is 0.616. The van der Waals surface area contributed by atoms with E-state index < -0.39 is 29.4 Å². The molecule has 7 nitrogen and oxygen atoms in total. The predicted molar refractivity (Wildman–Crippen MR) is 79.5 cm³/mol. The van der Waals surface area contributed by atoms with Crippen molar-refractivity contribution in [2.45, 2.75) is 56.4 Å².